The van der Waals surface area contributed by atoms with E-state index in [1.165, 1.54) is 20.3 Å². The maximum absolute atomic E-state index is 4.67. The SMILES string of the molecule is Cc1nc(C(C)NCCc2nc3ccccc3s2)c(C)s1. The van der Waals surface area contributed by atoms with Crippen molar-refractivity contribution in [1.82, 2.24) is 15.3 Å². The molecule has 0 amide bonds. The molecular formula is C16H19N3S2. The highest BCUT2D eigenvalue weighted by Gasteiger charge is 2.12. The number of para-hydroxylation sites is 1. The number of thiazole rings is 2. The largest absolute Gasteiger partial charge is 0.308 e. The van der Waals surface area contributed by atoms with Gasteiger partial charge < -0.3 is 5.32 Å². The molecule has 0 aliphatic heterocycles. The van der Waals surface area contributed by atoms with E-state index in [2.05, 4.69) is 54.3 Å². The van der Waals surface area contributed by atoms with Crippen LogP contribution in [0.2, 0.25) is 0 Å². The first-order chi connectivity index (χ1) is 10.1. The molecule has 2 aromatic heterocycles. The van der Waals surface area contributed by atoms with Gasteiger partial charge in [-0.2, -0.15) is 0 Å². The van der Waals surface area contributed by atoms with Crippen molar-refractivity contribution in [2.75, 3.05) is 6.54 Å². The van der Waals surface area contributed by atoms with Crippen LogP contribution < -0.4 is 5.32 Å². The van der Waals surface area contributed by atoms with Gasteiger partial charge in [-0.25, -0.2) is 9.97 Å². The Balaban J connectivity index is 1.59. The molecule has 5 heteroatoms. The molecule has 21 heavy (non-hydrogen) atoms. The number of fused-ring (bicyclic) bond motifs is 1. The zero-order valence-corrected chi connectivity index (χ0v) is 14.1. The van der Waals surface area contributed by atoms with E-state index in [0.29, 0.717) is 6.04 Å². The Morgan fingerprint density at radius 2 is 1.95 bits per heavy atom. The van der Waals surface area contributed by atoms with Crippen LogP contribution in [0.25, 0.3) is 10.2 Å². The van der Waals surface area contributed by atoms with Gasteiger partial charge in [0.05, 0.1) is 25.9 Å². The molecule has 3 nitrogen and oxygen atoms in total. The average Bonchev–Trinajstić information content (AvgIpc) is 3.01. The van der Waals surface area contributed by atoms with Gasteiger partial charge in [0, 0.05) is 23.9 Å². The van der Waals surface area contributed by atoms with E-state index in [-0.39, 0.29) is 0 Å². The minimum atomic E-state index is 0.296. The highest BCUT2D eigenvalue weighted by atomic mass is 32.1. The van der Waals surface area contributed by atoms with Crippen LogP contribution in [0.1, 0.15) is 33.6 Å². The number of aryl methyl sites for hydroxylation is 2. The molecule has 110 valence electrons. The van der Waals surface area contributed by atoms with Crippen LogP contribution in [-0.4, -0.2) is 16.5 Å². The number of aromatic nitrogens is 2. The van der Waals surface area contributed by atoms with Gasteiger partial charge >= 0.3 is 0 Å². The van der Waals surface area contributed by atoms with Crippen LogP contribution in [0.3, 0.4) is 0 Å². The molecule has 3 aromatic rings. The number of hydrogen-bond donors (Lipinski definition) is 1. The fourth-order valence-corrected chi connectivity index (χ4v) is 4.35. The third-order valence-corrected chi connectivity index (χ3v) is 5.48. The lowest BCUT2D eigenvalue weighted by Crippen LogP contribution is -2.22. The maximum atomic E-state index is 4.67. The Bertz CT molecular complexity index is 712. The smallest absolute Gasteiger partial charge is 0.0951 e. The molecule has 0 spiro atoms. The Kier molecular flexibility index (Phi) is 4.33. The van der Waals surface area contributed by atoms with Gasteiger partial charge in [0.15, 0.2) is 0 Å². The lowest BCUT2D eigenvalue weighted by atomic mass is 10.2. The van der Waals surface area contributed by atoms with Crippen LogP contribution in [-0.2, 0) is 6.42 Å². The summed E-state index contributed by atoms with van der Waals surface area (Å²) in [5, 5.41) is 5.89. The van der Waals surface area contributed by atoms with Crippen LogP contribution in [0.15, 0.2) is 24.3 Å². The van der Waals surface area contributed by atoms with Gasteiger partial charge in [0.2, 0.25) is 0 Å². The average molecular weight is 317 g/mol. The summed E-state index contributed by atoms with van der Waals surface area (Å²) in [5.41, 5.74) is 2.29. The standard InChI is InChI=1S/C16H19N3S2/c1-10(16-11(2)20-12(3)18-16)17-9-8-15-19-13-6-4-5-7-14(13)21-15/h4-7,10,17H,8-9H2,1-3H3. The second-order valence-corrected chi connectivity index (χ2v) is 7.70. The monoisotopic (exact) mass is 317 g/mol. The van der Waals surface area contributed by atoms with Crippen LogP contribution in [0, 0.1) is 13.8 Å². The number of nitrogens with one attached hydrogen (secondary N) is 1. The molecular weight excluding hydrogens is 298 g/mol. The van der Waals surface area contributed by atoms with Gasteiger partial charge in [-0.3, -0.25) is 0 Å². The minimum Gasteiger partial charge on any atom is -0.308 e. The molecule has 3 rings (SSSR count). The zero-order valence-electron chi connectivity index (χ0n) is 12.5. The molecule has 0 aliphatic rings. The van der Waals surface area contributed by atoms with Crippen molar-refractivity contribution in [1.29, 1.82) is 0 Å². The second kappa shape index (κ2) is 6.22. The van der Waals surface area contributed by atoms with Crippen molar-refractivity contribution in [2.24, 2.45) is 0 Å². The summed E-state index contributed by atoms with van der Waals surface area (Å²) in [6.07, 6.45) is 0.964. The first kappa shape index (κ1) is 14.6. The molecule has 0 saturated carbocycles. The highest BCUT2D eigenvalue weighted by molar-refractivity contribution is 7.18. The fraction of sp³-hybridized carbons (Fsp3) is 0.375. The number of nitrogens with zero attached hydrogens (tertiary/aromatic N) is 2. The molecule has 1 N–H and O–H groups in total. The second-order valence-electron chi connectivity index (χ2n) is 5.18. The van der Waals surface area contributed by atoms with E-state index in [9.17, 15) is 0 Å². The molecule has 0 aliphatic carbocycles. The summed E-state index contributed by atoms with van der Waals surface area (Å²) < 4.78 is 1.27. The molecule has 1 atom stereocenters. The number of rotatable bonds is 5. The molecule has 1 unspecified atom stereocenters. The van der Waals surface area contributed by atoms with Crippen LogP contribution >= 0.6 is 22.7 Å². The molecule has 0 bridgehead atoms. The van der Waals surface area contributed by atoms with Crippen molar-refractivity contribution in [3.05, 3.63) is 44.9 Å². The minimum absolute atomic E-state index is 0.296. The number of hydrogen-bond acceptors (Lipinski definition) is 5. The van der Waals surface area contributed by atoms with Crippen LogP contribution in [0.5, 0.6) is 0 Å². The van der Waals surface area contributed by atoms with Gasteiger partial charge in [-0.1, -0.05) is 12.1 Å². The van der Waals surface area contributed by atoms with Gasteiger partial charge in [0.1, 0.15) is 0 Å². The van der Waals surface area contributed by atoms with Gasteiger partial charge in [-0.05, 0) is 32.9 Å². The summed E-state index contributed by atoms with van der Waals surface area (Å²) in [4.78, 5) is 10.6. The predicted octanol–water partition coefficient (Wildman–Crippen LogP) is 4.26. The summed E-state index contributed by atoms with van der Waals surface area (Å²) >= 11 is 3.56. The van der Waals surface area contributed by atoms with E-state index in [4.69, 9.17) is 0 Å². The highest BCUT2D eigenvalue weighted by Crippen LogP contribution is 2.23. The van der Waals surface area contributed by atoms with Gasteiger partial charge in [0.25, 0.3) is 0 Å². The summed E-state index contributed by atoms with van der Waals surface area (Å²) in [5.74, 6) is 0. The Morgan fingerprint density at radius 1 is 1.14 bits per heavy atom. The van der Waals surface area contributed by atoms with E-state index in [0.717, 1.165) is 23.5 Å². The van der Waals surface area contributed by atoms with E-state index >= 15 is 0 Å². The summed E-state index contributed by atoms with van der Waals surface area (Å²) in [6.45, 7) is 7.32. The quantitative estimate of drug-likeness (QED) is 0.764. The summed E-state index contributed by atoms with van der Waals surface area (Å²) in [7, 11) is 0. The third kappa shape index (κ3) is 3.31. The Hall–Kier alpha value is -1.30. The Morgan fingerprint density at radius 3 is 2.67 bits per heavy atom. The topological polar surface area (TPSA) is 37.8 Å². The normalized spacial score (nSPS) is 12.9. The third-order valence-electron chi connectivity index (χ3n) is 3.48. The van der Waals surface area contributed by atoms with E-state index in [1.54, 1.807) is 22.7 Å². The molecule has 1 aromatic carbocycles. The lowest BCUT2D eigenvalue weighted by molar-refractivity contribution is 0.563. The van der Waals surface area contributed by atoms with Crippen molar-refractivity contribution in [3.63, 3.8) is 0 Å². The fourth-order valence-electron chi connectivity index (χ4n) is 2.47. The van der Waals surface area contributed by atoms with Gasteiger partial charge in [-0.15, -0.1) is 22.7 Å². The van der Waals surface area contributed by atoms with Crippen LogP contribution in [0.4, 0.5) is 0 Å². The first-order valence-electron chi connectivity index (χ1n) is 7.15. The van der Waals surface area contributed by atoms with Crippen molar-refractivity contribution in [3.8, 4) is 0 Å². The van der Waals surface area contributed by atoms with Crippen molar-refractivity contribution in [2.45, 2.75) is 33.2 Å². The van der Waals surface area contributed by atoms with Crippen molar-refractivity contribution >= 4 is 32.9 Å². The zero-order chi connectivity index (χ0) is 14.8. The first-order valence-corrected chi connectivity index (χ1v) is 8.78. The molecule has 2 heterocycles. The molecule has 0 saturated heterocycles. The van der Waals surface area contributed by atoms with Crippen molar-refractivity contribution < 1.29 is 0 Å². The lowest BCUT2D eigenvalue weighted by Gasteiger charge is -2.11. The maximum Gasteiger partial charge on any atom is 0.0951 e. The van der Waals surface area contributed by atoms with E-state index in [1.807, 2.05) is 6.07 Å². The molecule has 0 fully saturated rings. The number of benzene rings is 1. The molecule has 0 radical (unpaired) electrons. The predicted molar refractivity (Wildman–Crippen MR) is 91.3 cm³/mol. The Labute approximate surface area is 133 Å². The van der Waals surface area contributed by atoms with E-state index < -0.39 is 0 Å². The summed E-state index contributed by atoms with van der Waals surface area (Å²) in [6, 6.07) is 8.61.